The lowest BCUT2D eigenvalue weighted by Gasteiger charge is -2.15. The lowest BCUT2D eigenvalue weighted by atomic mass is 9.93. The van der Waals surface area contributed by atoms with Gasteiger partial charge in [-0.25, -0.2) is 4.98 Å². The molecule has 1 unspecified atom stereocenters. The summed E-state index contributed by atoms with van der Waals surface area (Å²) >= 11 is 1.74. The van der Waals surface area contributed by atoms with Crippen molar-refractivity contribution in [3.05, 3.63) is 16.1 Å². The van der Waals surface area contributed by atoms with E-state index in [0.29, 0.717) is 6.04 Å². The molecule has 3 nitrogen and oxygen atoms in total. The van der Waals surface area contributed by atoms with Crippen LogP contribution < -0.4 is 11.3 Å². The Hall–Kier alpha value is -0.450. The van der Waals surface area contributed by atoms with Crippen molar-refractivity contribution in [2.75, 3.05) is 0 Å². The van der Waals surface area contributed by atoms with E-state index in [1.165, 1.54) is 10.7 Å². The third-order valence-corrected chi connectivity index (χ3v) is 3.49. The van der Waals surface area contributed by atoms with Crippen molar-refractivity contribution >= 4 is 11.3 Å². The van der Waals surface area contributed by atoms with E-state index in [-0.39, 0.29) is 5.41 Å². The van der Waals surface area contributed by atoms with E-state index in [2.05, 4.69) is 43.5 Å². The van der Waals surface area contributed by atoms with E-state index in [9.17, 15) is 0 Å². The number of aromatic nitrogens is 1. The first-order valence-corrected chi connectivity index (χ1v) is 6.76. The second-order valence-corrected chi connectivity index (χ2v) is 6.18. The molecule has 0 saturated carbocycles. The van der Waals surface area contributed by atoms with Crippen molar-refractivity contribution in [2.45, 2.75) is 58.4 Å². The molecular formula is C12H23N3S. The molecular weight excluding hydrogens is 218 g/mol. The van der Waals surface area contributed by atoms with Crippen LogP contribution in [-0.2, 0) is 11.8 Å². The first-order chi connectivity index (χ1) is 7.47. The summed E-state index contributed by atoms with van der Waals surface area (Å²) in [5.74, 6) is 5.53. The Morgan fingerprint density at radius 3 is 2.62 bits per heavy atom. The number of hydrogen-bond donors (Lipinski definition) is 2. The first-order valence-electron chi connectivity index (χ1n) is 5.88. The van der Waals surface area contributed by atoms with E-state index in [1.54, 1.807) is 11.3 Å². The van der Waals surface area contributed by atoms with E-state index < -0.39 is 0 Å². The molecule has 0 fully saturated rings. The van der Waals surface area contributed by atoms with E-state index >= 15 is 0 Å². The summed E-state index contributed by atoms with van der Waals surface area (Å²) in [6.07, 6.45) is 3.18. The molecule has 0 radical (unpaired) electrons. The van der Waals surface area contributed by atoms with Crippen LogP contribution in [0.4, 0.5) is 0 Å². The molecule has 0 aliphatic carbocycles. The molecule has 0 aromatic carbocycles. The fraction of sp³-hybridized carbons (Fsp3) is 0.750. The minimum atomic E-state index is 0.144. The number of hydrogen-bond acceptors (Lipinski definition) is 4. The maximum absolute atomic E-state index is 5.53. The maximum Gasteiger partial charge on any atom is 0.0944 e. The third kappa shape index (κ3) is 3.85. The maximum atomic E-state index is 5.53. The quantitative estimate of drug-likeness (QED) is 0.615. The molecule has 1 aromatic rings. The number of nitrogens with one attached hydrogen (secondary N) is 1. The highest BCUT2D eigenvalue weighted by Crippen LogP contribution is 2.24. The average Bonchev–Trinajstić information content (AvgIpc) is 2.65. The number of nitrogens with two attached hydrogens (primary N) is 1. The Labute approximate surface area is 102 Å². The van der Waals surface area contributed by atoms with Gasteiger partial charge in [-0.15, -0.1) is 11.3 Å². The monoisotopic (exact) mass is 241 g/mol. The molecule has 0 aliphatic rings. The normalized spacial score (nSPS) is 14.1. The Balaban J connectivity index is 2.64. The highest BCUT2D eigenvalue weighted by atomic mass is 32.1. The molecule has 0 bridgehead atoms. The van der Waals surface area contributed by atoms with Crippen LogP contribution in [0.15, 0.2) is 5.38 Å². The van der Waals surface area contributed by atoms with Crippen LogP contribution in [-0.4, -0.2) is 11.0 Å². The fourth-order valence-electron chi connectivity index (χ4n) is 1.55. The molecule has 1 heterocycles. The second-order valence-electron chi connectivity index (χ2n) is 5.23. The SMILES string of the molecule is CCCC(Cc1nc(C(C)(C)C)cs1)NN. The minimum Gasteiger partial charge on any atom is -0.271 e. The average molecular weight is 241 g/mol. The number of thiazole rings is 1. The summed E-state index contributed by atoms with van der Waals surface area (Å²) in [4.78, 5) is 4.67. The van der Waals surface area contributed by atoms with Gasteiger partial charge in [-0.3, -0.25) is 11.3 Å². The highest BCUT2D eigenvalue weighted by molar-refractivity contribution is 7.09. The summed E-state index contributed by atoms with van der Waals surface area (Å²) in [6, 6.07) is 0.351. The molecule has 3 N–H and O–H groups in total. The highest BCUT2D eigenvalue weighted by Gasteiger charge is 2.18. The minimum absolute atomic E-state index is 0.144. The van der Waals surface area contributed by atoms with Gasteiger partial charge in [0.15, 0.2) is 0 Å². The van der Waals surface area contributed by atoms with Crippen LogP contribution in [0.2, 0.25) is 0 Å². The zero-order valence-electron chi connectivity index (χ0n) is 10.7. The van der Waals surface area contributed by atoms with Gasteiger partial charge >= 0.3 is 0 Å². The largest absolute Gasteiger partial charge is 0.271 e. The molecule has 1 aromatic heterocycles. The lowest BCUT2D eigenvalue weighted by molar-refractivity contribution is 0.483. The van der Waals surface area contributed by atoms with Crippen LogP contribution in [0, 0.1) is 0 Å². The molecule has 0 spiro atoms. The Kier molecular flexibility index (Phi) is 4.89. The van der Waals surface area contributed by atoms with Crippen LogP contribution >= 0.6 is 11.3 Å². The molecule has 4 heteroatoms. The topological polar surface area (TPSA) is 50.9 Å². The van der Waals surface area contributed by atoms with Gasteiger partial charge in [-0.2, -0.15) is 0 Å². The van der Waals surface area contributed by atoms with Gasteiger partial charge in [0, 0.05) is 23.3 Å². The number of rotatable bonds is 5. The van der Waals surface area contributed by atoms with E-state index in [1.807, 2.05) is 0 Å². The second kappa shape index (κ2) is 5.75. The van der Waals surface area contributed by atoms with Crippen molar-refractivity contribution in [1.82, 2.24) is 10.4 Å². The summed E-state index contributed by atoms with van der Waals surface area (Å²) in [6.45, 7) is 8.75. The van der Waals surface area contributed by atoms with Gasteiger partial charge in [-0.05, 0) is 6.42 Å². The molecule has 1 atom stereocenters. The number of hydrazine groups is 1. The Morgan fingerprint density at radius 1 is 1.50 bits per heavy atom. The van der Waals surface area contributed by atoms with Crippen LogP contribution in [0.25, 0.3) is 0 Å². The molecule has 0 saturated heterocycles. The van der Waals surface area contributed by atoms with Gasteiger partial charge in [0.25, 0.3) is 0 Å². The molecule has 16 heavy (non-hydrogen) atoms. The van der Waals surface area contributed by atoms with Gasteiger partial charge in [0.1, 0.15) is 0 Å². The van der Waals surface area contributed by atoms with Crippen molar-refractivity contribution < 1.29 is 0 Å². The van der Waals surface area contributed by atoms with Crippen LogP contribution in [0.3, 0.4) is 0 Å². The summed E-state index contributed by atoms with van der Waals surface area (Å²) in [5, 5.41) is 3.34. The van der Waals surface area contributed by atoms with Crippen molar-refractivity contribution in [3.8, 4) is 0 Å². The summed E-state index contributed by atoms with van der Waals surface area (Å²) in [5.41, 5.74) is 4.19. The summed E-state index contributed by atoms with van der Waals surface area (Å²) < 4.78 is 0. The third-order valence-electron chi connectivity index (χ3n) is 2.61. The fourth-order valence-corrected chi connectivity index (χ4v) is 2.66. The predicted octanol–water partition coefficient (Wildman–Crippen LogP) is 2.62. The van der Waals surface area contributed by atoms with Gasteiger partial charge in [0.05, 0.1) is 10.7 Å². The predicted molar refractivity (Wildman–Crippen MR) is 70.5 cm³/mol. The van der Waals surface area contributed by atoms with Gasteiger partial charge in [0.2, 0.25) is 0 Å². The lowest BCUT2D eigenvalue weighted by Crippen LogP contribution is -2.36. The zero-order valence-corrected chi connectivity index (χ0v) is 11.5. The van der Waals surface area contributed by atoms with Crippen molar-refractivity contribution in [2.24, 2.45) is 5.84 Å². The molecule has 0 amide bonds. The van der Waals surface area contributed by atoms with Crippen LogP contribution in [0.5, 0.6) is 0 Å². The smallest absolute Gasteiger partial charge is 0.0944 e. The molecule has 1 rings (SSSR count). The van der Waals surface area contributed by atoms with E-state index in [0.717, 1.165) is 19.3 Å². The Bertz CT molecular complexity index is 314. The van der Waals surface area contributed by atoms with Crippen molar-refractivity contribution in [3.63, 3.8) is 0 Å². The molecule has 92 valence electrons. The van der Waals surface area contributed by atoms with Crippen LogP contribution in [0.1, 0.15) is 51.2 Å². The van der Waals surface area contributed by atoms with Gasteiger partial charge in [-0.1, -0.05) is 34.1 Å². The summed E-state index contributed by atoms with van der Waals surface area (Å²) in [7, 11) is 0. The van der Waals surface area contributed by atoms with Crippen molar-refractivity contribution in [1.29, 1.82) is 0 Å². The first kappa shape index (κ1) is 13.6. The van der Waals surface area contributed by atoms with Gasteiger partial charge < -0.3 is 0 Å². The molecule has 0 aliphatic heterocycles. The Morgan fingerprint density at radius 2 is 2.19 bits per heavy atom. The number of nitrogens with zero attached hydrogens (tertiary/aromatic N) is 1. The zero-order chi connectivity index (χ0) is 12.2. The standard InChI is InChI=1S/C12H23N3S/c1-5-6-9(15-13)7-11-14-10(8-16-11)12(2,3)4/h8-9,15H,5-7,13H2,1-4H3. The van der Waals surface area contributed by atoms with E-state index in [4.69, 9.17) is 5.84 Å².